The molecule has 0 fully saturated rings. The first-order chi connectivity index (χ1) is 10.3. The zero-order chi connectivity index (χ0) is 16.7. The van der Waals surface area contributed by atoms with Crippen LogP contribution in [-0.4, -0.2) is 29.5 Å². The second-order valence-electron chi connectivity index (χ2n) is 3.81. The molecule has 0 saturated carbocycles. The number of guanidine groups is 2. The van der Waals surface area contributed by atoms with E-state index in [1.165, 1.54) is 12.1 Å². The lowest BCUT2D eigenvalue weighted by atomic mass is 10.2. The molecule has 0 heterocycles. The van der Waals surface area contributed by atoms with Gasteiger partial charge in [0.15, 0.2) is 5.96 Å². The first-order valence-corrected chi connectivity index (χ1v) is 5.99. The van der Waals surface area contributed by atoms with Crippen LogP contribution in [0.25, 0.3) is 0 Å². The molecule has 0 spiro atoms. The summed E-state index contributed by atoms with van der Waals surface area (Å²) in [7, 11) is 0. The Kier molecular flexibility index (Phi) is 5.63. The van der Waals surface area contributed by atoms with Gasteiger partial charge in [0.2, 0.25) is 5.96 Å². The Hall–Kier alpha value is -3.37. The van der Waals surface area contributed by atoms with E-state index in [9.17, 15) is 14.9 Å². The Bertz CT molecular complexity index is 637. The normalized spacial score (nSPS) is 10.7. The maximum atomic E-state index is 11.3. The van der Waals surface area contributed by atoms with Gasteiger partial charge in [-0.2, -0.15) is 4.99 Å². The number of carbonyl (C=O) groups excluding carboxylic acids is 1. The molecular formula is C11H15N7O4. The highest BCUT2D eigenvalue weighted by molar-refractivity contribution is 5.94. The third kappa shape index (κ3) is 4.96. The Morgan fingerprint density at radius 3 is 2.64 bits per heavy atom. The fraction of sp³-hybridized carbons (Fsp3) is 0.182. The Balaban J connectivity index is 3.12. The molecule has 0 radical (unpaired) electrons. The van der Waals surface area contributed by atoms with Crippen LogP contribution in [0.1, 0.15) is 6.92 Å². The van der Waals surface area contributed by atoms with Crippen molar-refractivity contribution in [3.05, 3.63) is 28.3 Å². The number of nitro groups is 1. The zero-order valence-electron chi connectivity index (χ0n) is 11.6. The fourth-order valence-electron chi connectivity index (χ4n) is 1.41. The van der Waals surface area contributed by atoms with Gasteiger partial charge in [0.1, 0.15) is 5.69 Å². The van der Waals surface area contributed by atoms with Crippen molar-refractivity contribution in [1.82, 2.24) is 0 Å². The molecule has 0 atom stereocenters. The van der Waals surface area contributed by atoms with Gasteiger partial charge in [-0.15, -0.1) is 0 Å². The highest BCUT2D eigenvalue weighted by atomic mass is 16.6. The minimum atomic E-state index is -0.804. The van der Waals surface area contributed by atoms with Crippen LogP contribution in [0.3, 0.4) is 0 Å². The average Bonchev–Trinajstić information content (AvgIpc) is 2.39. The molecule has 0 aromatic heterocycles. The molecule has 7 N–H and O–H groups in total. The number of rotatable bonds is 4. The Labute approximate surface area is 125 Å². The second kappa shape index (κ2) is 7.42. The summed E-state index contributed by atoms with van der Waals surface area (Å²) in [6.07, 6.45) is -0.804. The van der Waals surface area contributed by atoms with Crippen LogP contribution in [0, 0.1) is 10.1 Å². The highest BCUT2D eigenvalue weighted by Gasteiger charge is 2.17. The first-order valence-electron chi connectivity index (χ1n) is 5.99. The number of benzene rings is 1. The van der Waals surface area contributed by atoms with Crippen molar-refractivity contribution in [3.63, 3.8) is 0 Å². The van der Waals surface area contributed by atoms with Gasteiger partial charge < -0.3 is 21.9 Å². The first kappa shape index (κ1) is 16.7. The number of carbonyl (C=O) groups is 1. The van der Waals surface area contributed by atoms with Crippen molar-refractivity contribution in [2.75, 3.05) is 11.9 Å². The number of anilines is 1. The van der Waals surface area contributed by atoms with Crippen LogP contribution in [0.15, 0.2) is 28.2 Å². The molecule has 1 aromatic rings. The molecule has 118 valence electrons. The third-order valence-corrected chi connectivity index (χ3v) is 2.18. The zero-order valence-corrected chi connectivity index (χ0v) is 11.6. The van der Waals surface area contributed by atoms with Crippen LogP contribution in [0.2, 0.25) is 0 Å². The molecule has 1 amide bonds. The van der Waals surface area contributed by atoms with E-state index in [0.29, 0.717) is 0 Å². The minimum Gasteiger partial charge on any atom is -0.450 e. The highest BCUT2D eigenvalue weighted by Crippen LogP contribution is 2.29. The van der Waals surface area contributed by atoms with Gasteiger partial charge in [-0.05, 0) is 19.1 Å². The summed E-state index contributed by atoms with van der Waals surface area (Å²) in [4.78, 5) is 29.0. The number of nitrogens with one attached hydrogen (secondary N) is 1. The summed E-state index contributed by atoms with van der Waals surface area (Å²) >= 11 is 0. The van der Waals surface area contributed by atoms with Gasteiger partial charge in [0.25, 0.3) is 5.69 Å². The molecule has 0 aliphatic heterocycles. The Morgan fingerprint density at radius 2 is 2.09 bits per heavy atom. The van der Waals surface area contributed by atoms with E-state index in [4.69, 9.17) is 17.2 Å². The lowest BCUT2D eigenvalue weighted by Crippen LogP contribution is -2.26. The van der Waals surface area contributed by atoms with E-state index in [0.717, 1.165) is 6.07 Å². The lowest BCUT2D eigenvalue weighted by molar-refractivity contribution is -0.383. The number of nitrogens with zero attached hydrogens (tertiary/aromatic N) is 3. The van der Waals surface area contributed by atoms with Crippen LogP contribution in [-0.2, 0) is 4.74 Å². The lowest BCUT2D eigenvalue weighted by Gasteiger charge is -2.06. The Morgan fingerprint density at radius 1 is 1.41 bits per heavy atom. The van der Waals surface area contributed by atoms with Gasteiger partial charge in [0, 0.05) is 6.07 Å². The van der Waals surface area contributed by atoms with Crippen LogP contribution < -0.4 is 22.5 Å². The van der Waals surface area contributed by atoms with Crippen molar-refractivity contribution in [3.8, 4) is 0 Å². The molecule has 1 rings (SSSR count). The predicted molar refractivity (Wildman–Crippen MR) is 80.8 cm³/mol. The largest absolute Gasteiger partial charge is 0.450 e. The van der Waals surface area contributed by atoms with Crippen molar-refractivity contribution < 1.29 is 14.5 Å². The SMILES string of the molecule is CCOC(=O)Nc1ccc(N=C(N)N=C(N)N)cc1[N+](=O)[O-]. The third-order valence-electron chi connectivity index (χ3n) is 2.18. The number of nitrogens with two attached hydrogens (primary N) is 3. The maximum absolute atomic E-state index is 11.3. The molecule has 0 aliphatic carbocycles. The minimum absolute atomic E-state index is 0.0391. The van der Waals surface area contributed by atoms with E-state index in [2.05, 4.69) is 20.0 Å². The van der Waals surface area contributed by atoms with Gasteiger partial charge in [0.05, 0.1) is 17.2 Å². The molecule has 11 nitrogen and oxygen atoms in total. The van der Waals surface area contributed by atoms with E-state index < -0.39 is 11.0 Å². The van der Waals surface area contributed by atoms with Crippen LogP contribution in [0.5, 0.6) is 0 Å². The van der Waals surface area contributed by atoms with Crippen LogP contribution >= 0.6 is 0 Å². The predicted octanol–water partition coefficient (Wildman–Crippen LogP) is 0.383. The monoisotopic (exact) mass is 309 g/mol. The summed E-state index contributed by atoms with van der Waals surface area (Å²) in [5.74, 6) is -0.559. The molecule has 0 unspecified atom stereocenters. The van der Waals surface area contributed by atoms with Crippen molar-refractivity contribution in [1.29, 1.82) is 0 Å². The second-order valence-corrected chi connectivity index (χ2v) is 3.81. The van der Waals surface area contributed by atoms with Crippen molar-refractivity contribution >= 4 is 35.1 Å². The van der Waals surface area contributed by atoms with Crippen LogP contribution in [0.4, 0.5) is 21.9 Å². The van der Waals surface area contributed by atoms with Gasteiger partial charge in [-0.25, -0.2) is 9.79 Å². The van der Waals surface area contributed by atoms with Gasteiger partial charge >= 0.3 is 6.09 Å². The van der Waals surface area contributed by atoms with E-state index in [1.807, 2.05) is 0 Å². The molecule has 0 aliphatic rings. The fourth-order valence-corrected chi connectivity index (χ4v) is 1.41. The quantitative estimate of drug-likeness (QED) is 0.268. The number of nitro benzene ring substituents is 1. The van der Waals surface area contributed by atoms with E-state index in [1.54, 1.807) is 6.92 Å². The molecule has 11 heteroatoms. The number of aliphatic imine (C=N–C) groups is 2. The summed E-state index contributed by atoms with van der Waals surface area (Å²) in [6.45, 7) is 1.75. The number of ether oxygens (including phenoxy) is 1. The molecule has 22 heavy (non-hydrogen) atoms. The van der Waals surface area contributed by atoms with Crippen molar-refractivity contribution in [2.24, 2.45) is 27.2 Å². The van der Waals surface area contributed by atoms with Gasteiger partial charge in [-0.3, -0.25) is 15.4 Å². The van der Waals surface area contributed by atoms with Gasteiger partial charge in [-0.1, -0.05) is 0 Å². The smallest absolute Gasteiger partial charge is 0.411 e. The van der Waals surface area contributed by atoms with E-state index in [-0.39, 0.29) is 35.6 Å². The number of hydrogen-bond acceptors (Lipinski definition) is 5. The molecule has 1 aromatic carbocycles. The summed E-state index contributed by atoms with van der Waals surface area (Å²) < 4.78 is 4.65. The molecular weight excluding hydrogens is 294 g/mol. The number of hydrogen-bond donors (Lipinski definition) is 4. The molecule has 0 saturated heterocycles. The number of amides is 1. The van der Waals surface area contributed by atoms with Crippen molar-refractivity contribution in [2.45, 2.75) is 6.92 Å². The van der Waals surface area contributed by atoms with E-state index >= 15 is 0 Å². The molecule has 0 bridgehead atoms. The summed E-state index contributed by atoms with van der Waals surface area (Å²) in [5.41, 5.74) is 15.4. The summed E-state index contributed by atoms with van der Waals surface area (Å²) in [6, 6.07) is 3.79. The average molecular weight is 309 g/mol. The summed E-state index contributed by atoms with van der Waals surface area (Å²) in [5, 5.41) is 13.3. The standard InChI is InChI=1S/C11H15N7O4/c1-2-22-11(19)16-7-4-3-6(5-8(7)18(20)21)15-10(14)17-9(12)13/h3-5H,2H2,1H3,(H,16,19)(H6,12,13,14,15,17). The topological polar surface area (TPSA) is 184 Å². The maximum Gasteiger partial charge on any atom is 0.411 e.